The van der Waals surface area contributed by atoms with Gasteiger partial charge in [0.1, 0.15) is 16.9 Å². The van der Waals surface area contributed by atoms with Crippen LogP contribution in [0.2, 0.25) is 0 Å². The number of ether oxygens (including phenoxy) is 1. The predicted octanol–water partition coefficient (Wildman–Crippen LogP) is 4.95. The van der Waals surface area contributed by atoms with Crippen molar-refractivity contribution in [2.45, 2.75) is 59.4 Å². The van der Waals surface area contributed by atoms with Crippen molar-refractivity contribution in [1.29, 1.82) is 0 Å². The van der Waals surface area contributed by atoms with Gasteiger partial charge in [-0.25, -0.2) is 14.8 Å². The first-order chi connectivity index (χ1) is 13.5. The fraction of sp³-hybridized carbons (Fsp3) is 0.500. The quantitative estimate of drug-likeness (QED) is 0.418. The summed E-state index contributed by atoms with van der Waals surface area (Å²) in [6.45, 7) is 7.46. The molecule has 0 fully saturated rings. The lowest BCUT2D eigenvalue weighted by molar-refractivity contribution is 0.0501. The molecule has 0 saturated heterocycles. The Labute approximate surface area is 166 Å². The summed E-state index contributed by atoms with van der Waals surface area (Å²) in [5.74, 6) is 0.327. The third kappa shape index (κ3) is 4.26. The Morgan fingerprint density at radius 3 is 2.46 bits per heavy atom. The second-order valence-corrected chi connectivity index (χ2v) is 7.70. The van der Waals surface area contributed by atoms with Crippen molar-refractivity contribution < 1.29 is 9.53 Å². The molecule has 2 aromatic heterocycles. The molecule has 2 N–H and O–H groups in total. The topological polar surface area (TPSA) is 83.0 Å². The molecule has 6 heteroatoms. The Bertz CT molecular complexity index is 962. The maximum atomic E-state index is 12.8. The number of anilines is 1. The summed E-state index contributed by atoms with van der Waals surface area (Å²) >= 11 is 0. The Hall–Kier alpha value is -2.63. The van der Waals surface area contributed by atoms with Gasteiger partial charge >= 0.3 is 5.97 Å². The van der Waals surface area contributed by atoms with Crippen LogP contribution in [-0.2, 0) is 11.3 Å². The second kappa shape index (κ2) is 9.04. The molecule has 3 rings (SSSR count). The van der Waals surface area contributed by atoms with E-state index in [1.807, 2.05) is 28.8 Å². The molecule has 0 unspecified atom stereocenters. The van der Waals surface area contributed by atoms with Gasteiger partial charge in [-0.3, -0.25) is 0 Å². The molecule has 2 heterocycles. The number of rotatable bonds is 9. The third-order valence-corrected chi connectivity index (χ3v) is 4.82. The lowest BCUT2D eigenvalue weighted by Gasteiger charge is -2.10. The number of unbranched alkanes of at least 4 members (excludes halogenated alkanes) is 4. The minimum absolute atomic E-state index is 0.336. The zero-order valence-electron chi connectivity index (χ0n) is 17.1. The van der Waals surface area contributed by atoms with Gasteiger partial charge in [-0.2, -0.15) is 0 Å². The molecule has 0 saturated carbocycles. The van der Waals surface area contributed by atoms with Gasteiger partial charge < -0.3 is 15.0 Å². The molecule has 0 aliphatic rings. The van der Waals surface area contributed by atoms with Crippen molar-refractivity contribution >= 4 is 34.0 Å². The standard InChI is InChI=1S/C22H30N4O2/c1-4-5-6-7-10-13-28-22(27)18-19-21(26(20(18)23)14-15(2)3)25-17-12-9-8-11-16(17)24-19/h8-9,11-12,15H,4-7,10,13-14,23H2,1-3H3. The number of esters is 1. The number of carbonyl (C=O) groups is 1. The average Bonchev–Trinajstić information content (AvgIpc) is 2.93. The number of aromatic nitrogens is 3. The van der Waals surface area contributed by atoms with E-state index in [2.05, 4.69) is 20.8 Å². The predicted molar refractivity (Wildman–Crippen MR) is 113 cm³/mol. The minimum atomic E-state index is -0.412. The first kappa shape index (κ1) is 20.1. The number of nitrogen functional groups attached to an aromatic ring is 1. The zero-order valence-corrected chi connectivity index (χ0v) is 17.1. The van der Waals surface area contributed by atoms with Crippen molar-refractivity contribution in [2.75, 3.05) is 12.3 Å². The fourth-order valence-corrected chi connectivity index (χ4v) is 3.41. The number of nitrogens with two attached hydrogens (primary N) is 1. The van der Waals surface area contributed by atoms with Gasteiger partial charge in [-0.05, 0) is 24.5 Å². The van der Waals surface area contributed by atoms with Crippen molar-refractivity contribution in [3.63, 3.8) is 0 Å². The lowest BCUT2D eigenvalue weighted by atomic mass is 10.2. The van der Waals surface area contributed by atoms with E-state index >= 15 is 0 Å². The van der Waals surface area contributed by atoms with E-state index in [-0.39, 0.29) is 0 Å². The van der Waals surface area contributed by atoms with Crippen LogP contribution in [0.15, 0.2) is 24.3 Å². The molecule has 0 bridgehead atoms. The van der Waals surface area contributed by atoms with Crippen molar-refractivity contribution in [3.8, 4) is 0 Å². The van der Waals surface area contributed by atoms with Crippen LogP contribution in [0.1, 0.15) is 63.2 Å². The Morgan fingerprint density at radius 1 is 1.11 bits per heavy atom. The van der Waals surface area contributed by atoms with Crippen molar-refractivity contribution in [1.82, 2.24) is 14.5 Å². The summed E-state index contributed by atoms with van der Waals surface area (Å²) < 4.78 is 7.41. The highest BCUT2D eigenvalue weighted by Crippen LogP contribution is 2.29. The largest absolute Gasteiger partial charge is 0.462 e. The Kier molecular flexibility index (Phi) is 6.49. The summed E-state index contributed by atoms with van der Waals surface area (Å²) in [7, 11) is 0. The molecule has 3 aromatic rings. The van der Waals surface area contributed by atoms with Gasteiger partial charge in [-0.15, -0.1) is 0 Å². The highest BCUT2D eigenvalue weighted by Gasteiger charge is 2.25. The third-order valence-electron chi connectivity index (χ3n) is 4.82. The normalized spacial score (nSPS) is 11.6. The van der Waals surface area contributed by atoms with Gasteiger partial charge in [0.2, 0.25) is 0 Å². The van der Waals surface area contributed by atoms with Gasteiger partial charge in [-0.1, -0.05) is 58.6 Å². The van der Waals surface area contributed by atoms with E-state index < -0.39 is 5.97 Å². The highest BCUT2D eigenvalue weighted by atomic mass is 16.5. The zero-order chi connectivity index (χ0) is 20.1. The van der Waals surface area contributed by atoms with E-state index in [9.17, 15) is 4.79 Å². The monoisotopic (exact) mass is 382 g/mol. The number of carbonyl (C=O) groups excluding carboxylic acids is 1. The summed E-state index contributed by atoms with van der Waals surface area (Å²) in [5, 5.41) is 0. The minimum Gasteiger partial charge on any atom is -0.462 e. The maximum Gasteiger partial charge on any atom is 0.344 e. The molecular formula is C22H30N4O2. The number of hydrogen-bond donors (Lipinski definition) is 1. The smallest absolute Gasteiger partial charge is 0.344 e. The number of para-hydroxylation sites is 2. The van der Waals surface area contributed by atoms with E-state index in [0.717, 1.165) is 23.9 Å². The van der Waals surface area contributed by atoms with Crippen LogP contribution >= 0.6 is 0 Å². The van der Waals surface area contributed by atoms with Crippen molar-refractivity contribution in [2.24, 2.45) is 5.92 Å². The van der Waals surface area contributed by atoms with Crippen LogP contribution < -0.4 is 5.73 Å². The molecule has 28 heavy (non-hydrogen) atoms. The molecule has 0 amide bonds. The molecule has 0 radical (unpaired) electrons. The van der Waals surface area contributed by atoms with Crippen molar-refractivity contribution in [3.05, 3.63) is 29.8 Å². The van der Waals surface area contributed by atoms with E-state index in [1.54, 1.807) is 0 Å². The molecule has 0 aliphatic carbocycles. The molecule has 0 aliphatic heterocycles. The van der Waals surface area contributed by atoms with Crippen LogP contribution in [0.25, 0.3) is 22.2 Å². The van der Waals surface area contributed by atoms with Gasteiger partial charge in [0.25, 0.3) is 0 Å². The summed E-state index contributed by atoms with van der Waals surface area (Å²) in [6.07, 6.45) is 5.51. The number of fused-ring (bicyclic) bond motifs is 2. The molecule has 1 aromatic carbocycles. The van der Waals surface area contributed by atoms with Gasteiger partial charge in [0.15, 0.2) is 5.65 Å². The first-order valence-electron chi connectivity index (χ1n) is 10.2. The van der Waals surface area contributed by atoms with Crippen LogP contribution in [-0.4, -0.2) is 27.1 Å². The second-order valence-electron chi connectivity index (χ2n) is 7.70. The van der Waals surface area contributed by atoms with E-state index in [4.69, 9.17) is 20.4 Å². The average molecular weight is 383 g/mol. The SMILES string of the molecule is CCCCCCCOC(=O)c1c(N)n(CC(C)C)c2nc3ccccc3nc12. The summed E-state index contributed by atoms with van der Waals surface area (Å²) in [4.78, 5) is 22.2. The molecule has 6 nitrogen and oxygen atoms in total. The van der Waals surface area contributed by atoms with E-state index in [0.29, 0.717) is 41.6 Å². The fourth-order valence-electron chi connectivity index (χ4n) is 3.41. The Morgan fingerprint density at radius 2 is 1.79 bits per heavy atom. The summed E-state index contributed by atoms with van der Waals surface area (Å²) in [6, 6.07) is 7.64. The number of nitrogens with zero attached hydrogens (tertiary/aromatic N) is 3. The molecular weight excluding hydrogens is 352 g/mol. The van der Waals surface area contributed by atoms with Crippen LogP contribution in [0.5, 0.6) is 0 Å². The van der Waals surface area contributed by atoms with Gasteiger partial charge in [0, 0.05) is 6.54 Å². The molecule has 0 atom stereocenters. The molecule has 0 spiro atoms. The summed E-state index contributed by atoms with van der Waals surface area (Å²) in [5.41, 5.74) is 9.40. The maximum absolute atomic E-state index is 12.8. The highest BCUT2D eigenvalue weighted by molar-refractivity contribution is 6.08. The van der Waals surface area contributed by atoms with E-state index in [1.165, 1.54) is 19.3 Å². The Balaban J connectivity index is 1.92. The van der Waals surface area contributed by atoms with Crippen LogP contribution in [0, 0.1) is 5.92 Å². The lowest BCUT2D eigenvalue weighted by Crippen LogP contribution is -2.12. The van der Waals surface area contributed by atoms with Gasteiger partial charge in [0.05, 0.1) is 17.6 Å². The first-order valence-corrected chi connectivity index (χ1v) is 10.2. The number of benzene rings is 1. The molecule has 150 valence electrons. The number of hydrogen-bond acceptors (Lipinski definition) is 5. The van der Waals surface area contributed by atoms with Crippen LogP contribution in [0.4, 0.5) is 5.82 Å². The van der Waals surface area contributed by atoms with Crippen LogP contribution in [0.3, 0.4) is 0 Å².